The predicted molar refractivity (Wildman–Crippen MR) is 60.7 cm³/mol. The minimum atomic E-state index is -3.22. The van der Waals surface area contributed by atoms with Gasteiger partial charge in [0.05, 0.1) is 5.25 Å². The van der Waals surface area contributed by atoms with Crippen molar-refractivity contribution >= 4 is 16.0 Å². The molecular formula is C10H19NO4S. The van der Waals surface area contributed by atoms with Gasteiger partial charge in [0.15, 0.2) is 0 Å². The molecule has 0 aliphatic heterocycles. The molecule has 1 aliphatic rings. The molecule has 1 saturated carbocycles. The monoisotopic (exact) mass is 249 g/mol. The fourth-order valence-electron chi connectivity index (χ4n) is 1.95. The van der Waals surface area contributed by atoms with Crippen LogP contribution in [0.25, 0.3) is 0 Å². The van der Waals surface area contributed by atoms with Crippen molar-refractivity contribution in [2.24, 2.45) is 0 Å². The third-order valence-corrected chi connectivity index (χ3v) is 4.82. The molecule has 1 rings (SSSR count). The smallest absolute Gasteiger partial charge is 0.303 e. The van der Waals surface area contributed by atoms with Crippen LogP contribution in [0.3, 0.4) is 0 Å². The molecule has 0 heterocycles. The lowest BCUT2D eigenvalue weighted by atomic mass is 10.0. The summed E-state index contributed by atoms with van der Waals surface area (Å²) in [5, 5.41) is 8.14. The van der Waals surface area contributed by atoms with Crippen LogP contribution in [0.2, 0.25) is 0 Å². The second-order valence-electron chi connectivity index (χ2n) is 4.20. The number of aliphatic carboxylic acids is 1. The fourth-order valence-corrected chi connectivity index (χ4v) is 3.57. The van der Waals surface area contributed by atoms with Gasteiger partial charge in [-0.15, -0.1) is 0 Å². The highest BCUT2D eigenvalue weighted by atomic mass is 32.2. The van der Waals surface area contributed by atoms with Crippen LogP contribution in [0.15, 0.2) is 0 Å². The zero-order valence-electron chi connectivity index (χ0n) is 9.31. The van der Waals surface area contributed by atoms with Crippen LogP contribution in [0.1, 0.15) is 44.9 Å². The average Bonchev–Trinajstić information content (AvgIpc) is 2.26. The Balaban J connectivity index is 2.30. The Morgan fingerprint density at radius 1 is 1.25 bits per heavy atom. The van der Waals surface area contributed by atoms with E-state index in [2.05, 4.69) is 4.72 Å². The number of rotatable bonds is 6. The predicted octanol–water partition coefficient (Wildman–Crippen LogP) is 1.10. The molecule has 0 aromatic carbocycles. The van der Waals surface area contributed by atoms with Crippen molar-refractivity contribution < 1.29 is 18.3 Å². The maximum atomic E-state index is 11.8. The Morgan fingerprint density at radius 2 is 1.88 bits per heavy atom. The Kier molecular flexibility index (Phi) is 5.21. The topological polar surface area (TPSA) is 83.5 Å². The van der Waals surface area contributed by atoms with Gasteiger partial charge in [0.25, 0.3) is 0 Å². The minimum Gasteiger partial charge on any atom is -0.481 e. The Labute approximate surface area is 96.3 Å². The molecule has 0 aromatic heterocycles. The number of carboxylic acid groups (broad SMARTS) is 1. The molecule has 0 unspecified atom stereocenters. The van der Waals surface area contributed by atoms with E-state index in [1.165, 1.54) is 0 Å². The average molecular weight is 249 g/mol. The van der Waals surface area contributed by atoms with Gasteiger partial charge in [-0.3, -0.25) is 4.79 Å². The SMILES string of the molecule is O=C(O)CCCNS(=O)(=O)C1CCCCC1. The van der Waals surface area contributed by atoms with Crippen molar-refractivity contribution in [3.8, 4) is 0 Å². The van der Waals surface area contributed by atoms with Crippen LogP contribution in [0.4, 0.5) is 0 Å². The van der Waals surface area contributed by atoms with E-state index >= 15 is 0 Å². The lowest BCUT2D eigenvalue weighted by molar-refractivity contribution is -0.137. The summed E-state index contributed by atoms with van der Waals surface area (Å²) >= 11 is 0. The van der Waals surface area contributed by atoms with E-state index in [-0.39, 0.29) is 18.2 Å². The Morgan fingerprint density at radius 3 is 2.44 bits per heavy atom. The maximum absolute atomic E-state index is 11.8. The molecule has 0 aromatic rings. The Bertz CT molecular complexity index is 320. The largest absolute Gasteiger partial charge is 0.481 e. The molecule has 0 amide bonds. The first-order valence-corrected chi connectivity index (χ1v) is 7.27. The number of hydrogen-bond acceptors (Lipinski definition) is 3. The van der Waals surface area contributed by atoms with E-state index in [9.17, 15) is 13.2 Å². The van der Waals surface area contributed by atoms with E-state index < -0.39 is 16.0 Å². The number of carbonyl (C=O) groups is 1. The molecule has 0 saturated heterocycles. The Hall–Kier alpha value is -0.620. The molecule has 6 heteroatoms. The van der Waals surface area contributed by atoms with Gasteiger partial charge < -0.3 is 5.11 Å². The number of nitrogens with one attached hydrogen (secondary N) is 1. The van der Waals surface area contributed by atoms with Crippen molar-refractivity contribution in [3.63, 3.8) is 0 Å². The molecule has 16 heavy (non-hydrogen) atoms. The van der Waals surface area contributed by atoms with Crippen molar-refractivity contribution in [2.45, 2.75) is 50.2 Å². The molecule has 0 atom stereocenters. The lowest BCUT2D eigenvalue weighted by Gasteiger charge is -2.21. The van der Waals surface area contributed by atoms with E-state index in [0.29, 0.717) is 6.42 Å². The van der Waals surface area contributed by atoms with Crippen molar-refractivity contribution in [2.75, 3.05) is 6.54 Å². The van der Waals surface area contributed by atoms with Gasteiger partial charge in [0.1, 0.15) is 0 Å². The summed E-state index contributed by atoms with van der Waals surface area (Å²) in [6.45, 7) is 0.227. The fraction of sp³-hybridized carbons (Fsp3) is 0.900. The van der Waals surface area contributed by atoms with Crippen LogP contribution in [-0.4, -0.2) is 31.3 Å². The summed E-state index contributed by atoms with van der Waals surface area (Å²) in [4.78, 5) is 10.2. The number of hydrogen-bond donors (Lipinski definition) is 2. The molecule has 0 bridgehead atoms. The van der Waals surface area contributed by atoms with Crippen molar-refractivity contribution in [1.29, 1.82) is 0 Å². The van der Waals surface area contributed by atoms with Gasteiger partial charge >= 0.3 is 5.97 Å². The van der Waals surface area contributed by atoms with Crippen molar-refractivity contribution in [3.05, 3.63) is 0 Å². The second-order valence-corrected chi connectivity index (χ2v) is 6.24. The van der Waals surface area contributed by atoms with Gasteiger partial charge in [-0.2, -0.15) is 0 Å². The second kappa shape index (κ2) is 6.20. The molecule has 0 radical (unpaired) electrons. The van der Waals surface area contributed by atoms with E-state index in [1.807, 2.05) is 0 Å². The van der Waals surface area contributed by atoms with Crippen LogP contribution in [0, 0.1) is 0 Å². The first-order valence-electron chi connectivity index (χ1n) is 5.72. The van der Waals surface area contributed by atoms with Crippen molar-refractivity contribution in [1.82, 2.24) is 4.72 Å². The summed E-state index contributed by atoms with van der Waals surface area (Å²) in [7, 11) is -3.22. The molecule has 94 valence electrons. The van der Waals surface area contributed by atoms with Gasteiger partial charge in [-0.05, 0) is 19.3 Å². The molecular weight excluding hydrogens is 230 g/mol. The van der Waals surface area contributed by atoms with E-state index in [0.717, 1.165) is 32.1 Å². The standard InChI is InChI=1S/C10H19NO4S/c12-10(13)7-4-8-11-16(14,15)9-5-2-1-3-6-9/h9,11H,1-8H2,(H,12,13). The third kappa shape index (κ3) is 4.49. The van der Waals surface area contributed by atoms with E-state index in [1.54, 1.807) is 0 Å². The number of sulfonamides is 1. The third-order valence-electron chi connectivity index (χ3n) is 2.86. The maximum Gasteiger partial charge on any atom is 0.303 e. The molecule has 1 aliphatic carbocycles. The van der Waals surface area contributed by atoms with Crippen LogP contribution in [0.5, 0.6) is 0 Å². The van der Waals surface area contributed by atoms with Gasteiger partial charge in [-0.1, -0.05) is 19.3 Å². The number of carboxylic acids is 1. The highest BCUT2D eigenvalue weighted by Gasteiger charge is 2.26. The highest BCUT2D eigenvalue weighted by Crippen LogP contribution is 2.22. The molecule has 0 spiro atoms. The molecule has 5 nitrogen and oxygen atoms in total. The summed E-state index contributed by atoms with van der Waals surface area (Å²) in [6, 6.07) is 0. The summed E-state index contributed by atoms with van der Waals surface area (Å²) < 4.78 is 26.0. The van der Waals surface area contributed by atoms with Gasteiger partial charge in [0.2, 0.25) is 10.0 Å². The van der Waals surface area contributed by atoms with Crippen LogP contribution < -0.4 is 4.72 Å². The minimum absolute atomic E-state index is 0.00713. The summed E-state index contributed by atoms with van der Waals surface area (Å²) in [5.41, 5.74) is 0. The van der Waals surface area contributed by atoms with E-state index in [4.69, 9.17) is 5.11 Å². The normalized spacial score (nSPS) is 18.5. The summed E-state index contributed by atoms with van der Waals surface area (Å²) in [5.74, 6) is -0.892. The lowest BCUT2D eigenvalue weighted by Crippen LogP contribution is -2.36. The first-order chi connectivity index (χ1) is 7.52. The highest BCUT2D eigenvalue weighted by molar-refractivity contribution is 7.90. The zero-order valence-corrected chi connectivity index (χ0v) is 10.1. The molecule has 1 fully saturated rings. The van der Waals surface area contributed by atoms with Gasteiger partial charge in [-0.25, -0.2) is 13.1 Å². The summed E-state index contributed by atoms with van der Waals surface area (Å²) in [6.07, 6.45) is 4.88. The quantitative estimate of drug-likeness (QED) is 0.690. The zero-order chi connectivity index (χ0) is 12.0. The molecule has 2 N–H and O–H groups in total. The first kappa shape index (κ1) is 13.4. The van der Waals surface area contributed by atoms with Crippen LogP contribution in [-0.2, 0) is 14.8 Å². The van der Waals surface area contributed by atoms with Gasteiger partial charge in [0, 0.05) is 13.0 Å². The van der Waals surface area contributed by atoms with Crippen LogP contribution >= 0.6 is 0 Å².